The monoisotopic (exact) mass is 288 g/mol. The predicted molar refractivity (Wildman–Crippen MR) is 89.2 cm³/mol. The summed E-state index contributed by atoms with van der Waals surface area (Å²) in [5.41, 5.74) is 8.06. The van der Waals surface area contributed by atoms with Gasteiger partial charge >= 0.3 is 0 Å². The van der Waals surface area contributed by atoms with Crippen LogP contribution in [0.1, 0.15) is 51.4 Å². The Bertz CT molecular complexity index is 559. The van der Waals surface area contributed by atoms with E-state index >= 15 is 0 Å². The molecule has 0 amide bonds. The standard InChI is InChI=1S/C18H28N2O/c1-4-5-8-11-20(14(2)3)13-18-16(12-19)15-9-6-7-10-17(15)21-18/h6-7,9-10,14H,4-5,8,11-13,19H2,1-3H3. The maximum absolute atomic E-state index is 6.06. The molecule has 0 aliphatic carbocycles. The van der Waals surface area contributed by atoms with E-state index in [1.807, 2.05) is 18.2 Å². The van der Waals surface area contributed by atoms with Crippen molar-refractivity contribution in [1.29, 1.82) is 0 Å². The van der Waals surface area contributed by atoms with E-state index in [2.05, 4.69) is 31.7 Å². The Morgan fingerprint density at radius 2 is 1.95 bits per heavy atom. The summed E-state index contributed by atoms with van der Waals surface area (Å²) in [6.45, 7) is 9.24. The number of hydrogen-bond donors (Lipinski definition) is 1. The molecule has 0 bridgehead atoms. The van der Waals surface area contributed by atoms with Gasteiger partial charge in [-0.2, -0.15) is 0 Å². The van der Waals surface area contributed by atoms with Crippen LogP contribution in [0.3, 0.4) is 0 Å². The first kappa shape index (κ1) is 16.1. The van der Waals surface area contributed by atoms with Crippen molar-refractivity contribution >= 4 is 11.0 Å². The number of para-hydroxylation sites is 1. The van der Waals surface area contributed by atoms with Gasteiger partial charge in [0.05, 0.1) is 6.54 Å². The van der Waals surface area contributed by atoms with E-state index in [1.54, 1.807) is 0 Å². The van der Waals surface area contributed by atoms with Gasteiger partial charge in [-0.05, 0) is 32.9 Å². The second-order valence-corrected chi connectivity index (χ2v) is 5.98. The number of benzene rings is 1. The number of hydrogen-bond acceptors (Lipinski definition) is 3. The van der Waals surface area contributed by atoms with Crippen LogP contribution in [0.5, 0.6) is 0 Å². The smallest absolute Gasteiger partial charge is 0.134 e. The molecular weight excluding hydrogens is 260 g/mol. The van der Waals surface area contributed by atoms with Crippen LogP contribution in [0.2, 0.25) is 0 Å². The Balaban J connectivity index is 2.19. The summed E-state index contributed by atoms with van der Waals surface area (Å²) in [6, 6.07) is 8.69. The van der Waals surface area contributed by atoms with Crippen molar-refractivity contribution in [2.45, 2.75) is 59.2 Å². The zero-order valence-corrected chi connectivity index (χ0v) is 13.6. The highest BCUT2D eigenvalue weighted by atomic mass is 16.3. The van der Waals surface area contributed by atoms with Crippen molar-refractivity contribution in [1.82, 2.24) is 4.90 Å². The third-order valence-electron chi connectivity index (χ3n) is 4.11. The third kappa shape index (κ3) is 3.86. The molecule has 0 saturated carbocycles. The number of unbranched alkanes of at least 4 members (excludes halogenated alkanes) is 2. The van der Waals surface area contributed by atoms with Crippen LogP contribution in [-0.2, 0) is 13.1 Å². The summed E-state index contributed by atoms with van der Waals surface area (Å²) in [5, 5.41) is 1.16. The van der Waals surface area contributed by atoms with Crippen molar-refractivity contribution in [3.05, 3.63) is 35.6 Å². The second-order valence-electron chi connectivity index (χ2n) is 5.98. The van der Waals surface area contributed by atoms with Crippen molar-refractivity contribution in [2.24, 2.45) is 5.73 Å². The summed E-state index contributed by atoms with van der Waals surface area (Å²) in [6.07, 6.45) is 3.78. The minimum absolute atomic E-state index is 0.515. The average molecular weight is 288 g/mol. The van der Waals surface area contributed by atoms with Crippen LogP contribution in [0.4, 0.5) is 0 Å². The highest BCUT2D eigenvalue weighted by Gasteiger charge is 2.17. The Labute approximate surface area is 128 Å². The molecule has 0 unspecified atom stereocenters. The first-order valence-electron chi connectivity index (χ1n) is 8.10. The molecule has 3 nitrogen and oxygen atoms in total. The van der Waals surface area contributed by atoms with Crippen molar-refractivity contribution in [3.8, 4) is 0 Å². The summed E-state index contributed by atoms with van der Waals surface area (Å²) in [4.78, 5) is 2.48. The lowest BCUT2D eigenvalue weighted by molar-refractivity contribution is 0.193. The summed E-state index contributed by atoms with van der Waals surface area (Å²) in [7, 11) is 0. The fraction of sp³-hybridized carbons (Fsp3) is 0.556. The van der Waals surface area contributed by atoms with E-state index < -0.39 is 0 Å². The molecule has 1 aromatic carbocycles. The molecule has 0 aliphatic rings. The molecule has 0 radical (unpaired) electrons. The molecule has 1 heterocycles. The van der Waals surface area contributed by atoms with E-state index in [4.69, 9.17) is 10.2 Å². The average Bonchev–Trinajstić information content (AvgIpc) is 2.83. The molecule has 0 fully saturated rings. The van der Waals surface area contributed by atoms with E-state index in [0.29, 0.717) is 12.6 Å². The molecule has 116 valence electrons. The van der Waals surface area contributed by atoms with Crippen molar-refractivity contribution in [2.75, 3.05) is 6.54 Å². The highest BCUT2D eigenvalue weighted by Crippen LogP contribution is 2.27. The maximum atomic E-state index is 6.06. The van der Waals surface area contributed by atoms with Gasteiger partial charge in [0.15, 0.2) is 0 Å². The second kappa shape index (κ2) is 7.62. The summed E-state index contributed by atoms with van der Waals surface area (Å²) in [5.74, 6) is 1.03. The number of nitrogens with two attached hydrogens (primary N) is 1. The van der Waals surface area contributed by atoms with Gasteiger partial charge in [-0.25, -0.2) is 0 Å². The van der Waals surface area contributed by atoms with Crippen LogP contribution >= 0.6 is 0 Å². The molecule has 3 heteroatoms. The topological polar surface area (TPSA) is 42.4 Å². The number of furan rings is 1. The molecule has 0 aliphatic heterocycles. The quantitative estimate of drug-likeness (QED) is 0.737. The third-order valence-corrected chi connectivity index (χ3v) is 4.11. The first-order chi connectivity index (χ1) is 10.2. The lowest BCUT2D eigenvalue weighted by atomic mass is 10.1. The van der Waals surface area contributed by atoms with Crippen LogP contribution in [0.25, 0.3) is 11.0 Å². The van der Waals surface area contributed by atoms with E-state index in [1.165, 1.54) is 19.3 Å². The predicted octanol–water partition coefficient (Wildman–Crippen LogP) is 4.29. The molecule has 2 N–H and O–H groups in total. The molecule has 2 aromatic rings. The van der Waals surface area contributed by atoms with Gasteiger partial charge in [0.25, 0.3) is 0 Å². The van der Waals surface area contributed by atoms with Gasteiger partial charge in [0.2, 0.25) is 0 Å². The van der Waals surface area contributed by atoms with Crippen LogP contribution < -0.4 is 5.73 Å². The molecule has 2 rings (SSSR count). The molecule has 21 heavy (non-hydrogen) atoms. The zero-order chi connectivity index (χ0) is 15.2. The maximum Gasteiger partial charge on any atom is 0.134 e. The van der Waals surface area contributed by atoms with E-state index in [0.717, 1.165) is 35.4 Å². The molecule has 0 saturated heterocycles. The Morgan fingerprint density at radius 1 is 1.19 bits per heavy atom. The summed E-state index contributed by atoms with van der Waals surface area (Å²) >= 11 is 0. The minimum Gasteiger partial charge on any atom is -0.459 e. The van der Waals surface area contributed by atoms with Crippen LogP contribution in [0, 0.1) is 0 Å². The fourth-order valence-electron chi connectivity index (χ4n) is 2.77. The van der Waals surface area contributed by atoms with Gasteiger partial charge in [0.1, 0.15) is 11.3 Å². The van der Waals surface area contributed by atoms with Gasteiger partial charge in [-0.15, -0.1) is 0 Å². The molecule has 1 aromatic heterocycles. The van der Waals surface area contributed by atoms with Crippen LogP contribution in [-0.4, -0.2) is 17.5 Å². The number of fused-ring (bicyclic) bond motifs is 1. The van der Waals surface area contributed by atoms with Gasteiger partial charge in [-0.3, -0.25) is 4.90 Å². The first-order valence-corrected chi connectivity index (χ1v) is 8.10. The molecule has 0 spiro atoms. The molecular formula is C18H28N2O. The molecule has 0 atom stereocenters. The fourth-order valence-corrected chi connectivity index (χ4v) is 2.77. The Kier molecular flexibility index (Phi) is 5.83. The van der Waals surface area contributed by atoms with Gasteiger partial charge in [-0.1, -0.05) is 38.0 Å². The van der Waals surface area contributed by atoms with Crippen molar-refractivity contribution in [3.63, 3.8) is 0 Å². The van der Waals surface area contributed by atoms with Gasteiger partial charge in [0, 0.05) is 23.5 Å². The normalized spacial score (nSPS) is 11.9. The lowest BCUT2D eigenvalue weighted by Gasteiger charge is -2.25. The summed E-state index contributed by atoms with van der Waals surface area (Å²) < 4.78 is 6.06. The Hall–Kier alpha value is -1.32. The van der Waals surface area contributed by atoms with Crippen molar-refractivity contribution < 1.29 is 4.42 Å². The van der Waals surface area contributed by atoms with E-state index in [-0.39, 0.29) is 0 Å². The zero-order valence-electron chi connectivity index (χ0n) is 13.6. The highest BCUT2D eigenvalue weighted by molar-refractivity contribution is 5.82. The van der Waals surface area contributed by atoms with Crippen LogP contribution in [0.15, 0.2) is 28.7 Å². The number of nitrogens with zero attached hydrogens (tertiary/aromatic N) is 1. The van der Waals surface area contributed by atoms with Gasteiger partial charge < -0.3 is 10.2 Å². The number of rotatable bonds is 8. The minimum atomic E-state index is 0.515. The van der Waals surface area contributed by atoms with E-state index in [9.17, 15) is 0 Å². The largest absolute Gasteiger partial charge is 0.459 e. The Morgan fingerprint density at radius 3 is 2.62 bits per heavy atom. The SMILES string of the molecule is CCCCCN(Cc1oc2ccccc2c1CN)C(C)C. The lowest BCUT2D eigenvalue weighted by Crippen LogP contribution is -2.31.